The first-order valence-electron chi connectivity index (χ1n) is 6.07. The molecule has 0 unspecified atom stereocenters. The topological polar surface area (TPSA) is 38.9 Å². The molecule has 0 amide bonds. The molecule has 0 atom stereocenters. The summed E-state index contributed by atoms with van der Waals surface area (Å²) >= 11 is 3.43. The van der Waals surface area contributed by atoms with E-state index >= 15 is 0 Å². The van der Waals surface area contributed by atoms with Crippen LogP contribution in [0.15, 0.2) is 41.1 Å². The van der Waals surface area contributed by atoms with Crippen molar-refractivity contribution in [2.24, 2.45) is 5.73 Å². The number of hydrogen-bond donors (Lipinski definition) is 1. The van der Waals surface area contributed by atoms with Gasteiger partial charge in [0.2, 0.25) is 0 Å². The highest BCUT2D eigenvalue weighted by Crippen LogP contribution is 2.33. The summed E-state index contributed by atoms with van der Waals surface area (Å²) in [5.41, 5.74) is 10.3. The van der Waals surface area contributed by atoms with Crippen LogP contribution in [0.25, 0.3) is 21.1 Å². The Kier molecular flexibility index (Phi) is 3.46. The van der Waals surface area contributed by atoms with Crippen LogP contribution in [-0.4, -0.2) is 4.98 Å². The molecule has 0 aliphatic carbocycles. The molecule has 2 nitrogen and oxygen atoms in total. The number of rotatable bonds is 3. The van der Waals surface area contributed by atoms with Crippen LogP contribution in [0.5, 0.6) is 0 Å². The van der Waals surface area contributed by atoms with Gasteiger partial charge in [-0.25, -0.2) is 4.98 Å². The lowest BCUT2D eigenvalue weighted by atomic mass is 10.1. The molecule has 1 aromatic carbocycles. The van der Waals surface area contributed by atoms with Gasteiger partial charge in [-0.05, 0) is 35.6 Å². The van der Waals surface area contributed by atoms with Crippen molar-refractivity contribution in [1.82, 2.24) is 4.98 Å². The van der Waals surface area contributed by atoms with Crippen LogP contribution in [0.4, 0.5) is 0 Å². The van der Waals surface area contributed by atoms with Gasteiger partial charge in [-0.15, -0.1) is 22.7 Å². The molecule has 0 spiro atoms. The van der Waals surface area contributed by atoms with Gasteiger partial charge in [0.1, 0.15) is 5.01 Å². The summed E-state index contributed by atoms with van der Waals surface area (Å²) < 4.78 is 0. The van der Waals surface area contributed by atoms with Crippen molar-refractivity contribution in [2.75, 3.05) is 0 Å². The van der Waals surface area contributed by atoms with E-state index in [9.17, 15) is 0 Å². The maximum atomic E-state index is 5.68. The summed E-state index contributed by atoms with van der Waals surface area (Å²) in [6.45, 7) is 2.69. The number of nitrogens with two attached hydrogens (primary N) is 1. The zero-order chi connectivity index (χ0) is 13.2. The van der Waals surface area contributed by atoms with Crippen LogP contribution in [0.1, 0.15) is 11.1 Å². The molecule has 0 saturated carbocycles. The number of aromatic nitrogens is 1. The average Bonchev–Trinajstić information content (AvgIpc) is 3.07. The summed E-state index contributed by atoms with van der Waals surface area (Å²) in [4.78, 5) is 6.01. The minimum atomic E-state index is 0.566. The smallest absolute Gasteiger partial charge is 0.124 e. The Morgan fingerprint density at radius 3 is 2.84 bits per heavy atom. The third-order valence-electron chi connectivity index (χ3n) is 3.01. The maximum absolute atomic E-state index is 5.68. The van der Waals surface area contributed by atoms with Gasteiger partial charge in [-0.2, -0.15) is 0 Å². The van der Waals surface area contributed by atoms with E-state index < -0.39 is 0 Å². The highest BCUT2D eigenvalue weighted by atomic mass is 32.1. The van der Waals surface area contributed by atoms with Gasteiger partial charge in [0.05, 0.1) is 10.6 Å². The monoisotopic (exact) mass is 286 g/mol. The Bertz CT molecular complexity index is 698. The lowest BCUT2D eigenvalue weighted by Crippen LogP contribution is -1.95. The highest BCUT2D eigenvalue weighted by Gasteiger charge is 2.09. The molecule has 4 heteroatoms. The van der Waals surface area contributed by atoms with E-state index in [1.165, 1.54) is 10.4 Å². The second kappa shape index (κ2) is 5.25. The zero-order valence-electron chi connectivity index (χ0n) is 10.6. The first-order valence-corrected chi connectivity index (χ1v) is 7.83. The Hall–Kier alpha value is -1.49. The summed E-state index contributed by atoms with van der Waals surface area (Å²) in [5, 5.41) is 5.29. The molecule has 2 N–H and O–H groups in total. The summed E-state index contributed by atoms with van der Waals surface area (Å²) in [6.07, 6.45) is 0. The van der Waals surface area contributed by atoms with Crippen LogP contribution in [0, 0.1) is 6.92 Å². The largest absolute Gasteiger partial charge is 0.326 e. The third kappa shape index (κ3) is 2.47. The Morgan fingerprint density at radius 1 is 1.21 bits per heavy atom. The van der Waals surface area contributed by atoms with Crippen molar-refractivity contribution in [3.05, 3.63) is 52.2 Å². The number of thiophene rings is 1. The maximum Gasteiger partial charge on any atom is 0.124 e. The minimum Gasteiger partial charge on any atom is -0.326 e. The van der Waals surface area contributed by atoms with E-state index in [-0.39, 0.29) is 0 Å². The molecule has 0 saturated heterocycles. The standard InChI is InChI=1S/C15H14N2S2/c1-10-5-6-18-14(10)13-9-19-15(17-13)12-4-2-3-11(7-12)8-16/h2-7,9H,8,16H2,1H3. The van der Waals surface area contributed by atoms with E-state index in [1.54, 1.807) is 22.7 Å². The molecule has 0 aliphatic heterocycles. The van der Waals surface area contributed by atoms with Crippen molar-refractivity contribution >= 4 is 22.7 Å². The lowest BCUT2D eigenvalue weighted by molar-refractivity contribution is 1.07. The van der Waals surface area contributed by atoms with Gasteiger partial charge >= 0.3 is 0 Å². The first kappa shape index (κ1) is 12.5. The van der Waals surface area contributed by atoms with E-state index in [2.05, 4.69) is 35.9 Å². The van der Waals surface area contributed by atoms with E-state index in [4.69, 9.17) is 10.7 Å². The summed E-state index contributed by atoms with van der Waals surface area (Å²) in [6, 6.07) is 10.4. The van der Waals surface area contributed by atoms with Gasteiger partial charge in [-0.1, -0.05) is 18.2 Å². The molecule has 3 aromatic rings. The molecule has 0 aliphatic rings. The van der Waals surface area contributed by atoms with Crippen LogP contribution in [0.3, 0.4) is 0 Å². The Labute approximate surface area is 120 Å². The van der Waals surface area contributed by atoms with Gasteiger partial charge in [-0.3, -0.25) is 0 Å². The highest BCUT2D eigenvalue weighted by molar-refractivity contribution is 7.15. The third-order valence-corrected chi connectivity index (χ3v) is 4.94. The van der Waals surface area contributed by atoms with Gasteiger partial charge in [0.15, 0.2) is 0 Å². The van der Waals surface area contributed by atoms with Crippen LogP contribution in [0.2, 0.25) is 0 Å². The van der Waals surface area contributed by atoms with Gasteiger partial charge in [0, 0.05) is 17.5 Å². The number of thiazole rings is 1. The minimum absolute atomic E-state index is 0.566. The fraction of sp³-hybridized carbons (Fsp3) is 0.133. The van der Waals surface area contributed by atoms with Crippen molar-refractivity contribution in [3.63, 3.8) is 0 Å². The number of benzene rings is 1. The van der Waals surface area contributed by atoms with E-state index in [0.29, 0.717) is 6.54 Å². The molecule has 19 heavy (non-hydrogen) atoms. The fourth-order valence-electron chi connectivity index (χ4n) is 1.98. The van der Waals surface area contributed by atoms with Crippen LogP contribution in [-0.2, 0) is 6.54 Å². The quantitative estimate of drug-likeness (QED) is 0.779. The summed E-state index contributed by atoms with van der Waals surface area (Å²) in [5.74, 6) is 0. The van der Waals surface area contributed by atoms with Crippen molar-refractivity contribution < 1.29 is 0 Å². The molecule has 0 fully saturated rings. The van der Waals surface area contributed by atoms with Crippen molar-refractivity contribution in [2.45, 2.75) is 13.5 Å². The molecule has 0 radical (unpaired) electrons. The second-order valence-corrected chi connectivity index (χ2v) is 6.15. The number of nitrogens with zero attached hydrogens (tertiary/aromatic N) is 1. The Morgan fingerprint density at radius 2 is 2.11 bits per heavy atom. The second-order valence-electron chi connectivity index (χ2n) is 4.38. The molecule has 3 rings (SSSR count). The predicted octanol–water partition coefficient (Wildman–Crippen LogP) is 4.31. The van der Waals surface area contributed by atoms with E-state index in [0.717, 1.165) is 21.8 Å². The van der Waals surface area contributed by atoms with Crippen LogP contribution >= 0.6 is 22.7 Å². The molecule has 2 aromatic heterocycles. The molecular weight excluding hydrogens is 272 g/mol. The normalized spacial score (nSPS) is 10.8. The SMILES string of the molecule is Cc1ccsc1-c1csc(-c2cccc(CN)c2)n1. The van der Waals surface area contributed by atoms with Gasteiger partial charge < -0.3 is 5.73 Å². The average molecular weight is 286 g/mol. The zero-order valence-corrected chi connectivity index (χ0v) is 12.2. The predicted molar refractivity (Wildman–Crippen MR) is 83.5 cm³/mol. The van der Waals surface area contributed by atoms with Crippen molar-refractivity contribution in [1.29, 1.82) is 0 Å². The van der Waals surface area contributed by atoms with Crippen LogP contribution < -0.4 is 5.73 Å². The molecule has 0 bridgehead atoms. The van der Waals surface area contributed by atoms with Gasteiger partial charge in [0.25, 0.3) is 0 Å². The van der Waals surface area contributed by atoms with Crippen molar-refractivity contribution in [3.8, 4) is 21.1 Å². The molecular formula is C15H14N2S2. The fourth-order valence-corrected chi connectivity index (χ4v) is 3.75. The Balaban J connectivity index is 1.99. The summed E-state index contributed by atoms with van der Waals surface area (Å²) in [7, 11) is 0. The lowest BCUT2D eigenvalue weighted by Gasteiger charge is -2.00. The molecule has 2 heterocycles. The first-order chi connectivity index (χ1) is 9.28. The molecule has 96 valence electrons. The number of aryl methyl sites for hydroxylation is 1. The van der Waals surface area contributed by atoms with E-state index in [1.807, 2.05) is 12.1 Å². The number of hydrogen-bond acceptors (Lipinski definition) is 4.